The lowest BCUT2D eigenvalue weighted by molar-refractivity contribution is -0.122. The fourth-order valence-corrected chi connectivity index (χ4v) is 2.09. The summed E-state index contributed by atoms with van der Waals surface area (Å²) in [6.45, 7) is 4.31. The molecule has 0 saturated carbocycles. The first-order valence-electron chi connectivity index (χ1n) is 7.59. The van der Waals surface area contributed by atoms with Gasteiger partial charge in [-0.2, -0.15) is 5.10 Å². The molecule has 1 aromatic heterocycles. The molecule has 1 N–H and O–H groups in total. The van der Waals surface area contributed by atoms with Crippen LogP contribution in [0.1, 0.15) is 13.8 Å². The second kappa shape index (κ2) is 7.72. The topological polar surface area (TPSA) is 73.2 Å². The molecule has 0 fully saturated rings. The highest BCUT2D eigenvalue weighted by Crippen LogP contribution is 2.28. The maximum Gasteiger partial charge on any atom is 0.267 e. The Kier molecular flexibility index (Phi) is 5.68. The van der Waals surface area contributed by atoms with E-state index in [4.69, 9.17) is 4.74 Å². The van der Waals surface area contributed by atoms with Crippen molar-refractivity contribution in [2.75, 3.05) is 13.7 Å². The summed E-state index contributed by atoms with van der Waals surface area (Å²) in [5.74, 6) is -0.107. The van der Waals surface area contributed by atoms with E-state index in [1.807, 2.05) is 13.8 Å². The SMILES string of the molecule is COc1cc(F)ccc1-c1ccc(=O)n(CC(=O)NCC(C)C)n1. The van der Waals surface area contributed by atoms with Gasteiger partial charge < -0.3 is 10.1 Å². The number of ether oxygens (including phenoxy) is 1. The molecule has 2 rings (SSSR count). The molecule has 0 aliphatic heterocycles. The van der Waals surface area contributed by atoms with Crippen LogP contribution in [0.25, 0.3) is 11.3 Å². The van der Waals surface area contributed by atoms with Crippen LogP contribution in [0.5, 0.6) is 5.75 Å². The predicted octanol–water partition coefficient (Wildman–Crippen LogP) is 1.83. The Morgan fingerprint density at radius 1 is 1.33 bits per heavy atom. The number of hydrogen-bond donors (Lipinski definition) is 1. The van der Waals surface area contributed by atoms with Crippen molar-refractivity contribution in [2.45, 2.75) is 20.4 Å². The lowest BCUT2D eigenvalue weighted by atomic mass is 10.1. The highest BCUT2D eigenvalue weighted by atomic mass is 19.1. The Balaban J connectivity index is 2.29. The number of carbonyl (C=O) groups excluding carboxylic acids is 1. The number of hydrogen-bond acceptors (Lipinski definition) is 4. The summed E-state index contributed by atoms with van der Waals surface area (Å²) < 4.78 is 19.5. The van der Waals surface area contributed by atoms with Crippen LogP contribution in [0.15, 0.2) is 35.1 Å². The summed E-state index contributed by atoms with van der Waals surface area (Å²) >= 11 is 0. The number of nitrogens with one attached hydrogen (secondary N) is 1. The van der Waals surface area contributed by atoms with Crippen LogP contribution in [0.2, 0.25) is 0 Å². The van der Waals surface area contributed by atoms with Gasteiger partial charge in [-0.15, -0.1) is 0 Å². The molecule has 0 atom stereocenters. The third-order valence-corrected chi connectivity index (χ3v) is 3.31. The van der Waals surface area contributed by atoms with Crippen LogP contribution in [-0.4, -0.2) is 29.3 Å². The van der Waals surface area contributed by atoms with Crippen molar-refractivity contribution in [3.8, 4) is 17.0 Å². The average molecular weight is 333 g/mol. The summed E-state index contributed by atoms with van der Waals surface area (Å²) in [5, 5.41) is 6.92. The van der Waals surface area contributed by atoms with E-state index in [1.54, 1.807) is 0 Å². The van der Waals surface area contributed by atoms with Crippen molar-refractivity contribution in [2.24, 2.45) is 5.92 Å². The summed E-state index contributed by atoms with van der Waals surface area (Å²) in [7, 11) is 1.42. The van der Waals surface area contributed by atoms with Crippen molar-refractivity contribution in [3.63, 3.8) is 0 Å². The largest absolute Gasteiger partial charge is 0.496 e. The number of methoxy groups -OCH3 is 1. The van der Waals surface area contributed by atoms with Gasteiger partial charge in [0.25, 0.3) is 5.56 Å². The number of rotatable bonds is 6. The van der Waals surface area contributed by atoms with Gasteiger partial charge in [0.15, 0.2) is 0 Å². The molecule has 7 heteroatoms. The maximum atomic E-state index is 13.3. The number of nitrogens with zero attached hydrogens (tertiary/aromatic N) is 2. The molecular formula is C17H20FN3O3. The Hall–Kier alpha value is -2.70. The first-order valence-corrected chi connectivity index (χ1v) is 7.59. The van der Waals surface area contributed by atoms with E-state index in [-0.39, 0.29) is 18.0 Å². The Labute approximate surface area is 139 Å². The Morgan fingerprint density at radius 2 is 2.08 bits per heavy atom. The fraction of sp³-hybridized carbons (Fsp3) is 0.353. The van der Waals surface area contributed by atoms with E-state index in [2.05, 4.69) is 10.4 Å². The van der Waals surface area contributed by atoms with Crippen LogP contribution in [0, 0.1) is 11.7 Å². The van der Waals surface area contributed by atoms with Crippen molar-refractivity contribution < 1.29 is 13.9 Å². The number of carbonyl (C=O) groups is 1. The van der Waals surface area contributed by atoms with Crippen LogP contribution in [-0.2, 0) is 11.3 Å². The molecule has 0 bridgehead atoms. The molecule has 0 spiro atoms. The van der Waals surface area contributed by atoms with Crippen molar-refractivity contribution >= 4 is 5.91 Å². The van der Waals surface area contributed by atoms with Gasteiger partial charge in [-0.05, 0) is 24.1 Å². The van der Waals surface area contributed by atoms with Crippen molar-refractivity contribution in [3.05, 3.63) is 46.5 Å². The number of halogens is 1. The molecule has 0 aliphatic carbocycles. The number of benzene rings is 1. The average Bonchev–Trinajstić information content (AvgIpc) is 2.55. The van der Waals surface area contributed by atoms with E-state index in [1.165, 1.54) is 37.4 Å². The van der Waals surface area contributed by atoms with Gasteiger partial charge in [0.2, 0.25) is 5.91 Å². The third kappa shape index (κ3) is 4.41. The third-order valence-electron chi connectivity index (χ3n) is 3.31. The molecule has 1 aromatic carbocycles. The van der Waals surface area contributed by atoms with E-state index in [9.17, 15) is 14.0 Å². The standard InChI is InChI=1S/C17H20FN3O3/c1-11(2)9-19-16(22)10-21-17(23)7-6-14(20-21)13-5-4-12(18)8-15(13)24-3/h4-8,11H,9-10H2,1-3H3,(H,19,22). The van der Waals surface area contributed by atoms with Gasteiger partial charge in [0.05, 0.1) is 12.8 Å². The zero-order valence-electron chi connectivity index (χ0n) is 13.9. The molecule has 6 nitrogen and oxygen atoms in total. The molecule has 0 aliphatic rings. The van der Waals surface area contributed by atoms with Gasteiger partial charge in [0.1, 0.15) is 18.1 Å². The summed E-state index contributed by atoms with van der Waals surface area (Å²) in [4.78, 5) is 23.8. The summed E-state index contributed by atoms with van der Waals surface area (Å²) in [6.07, 6.45) is 0. The lowest BCUT2D eigenvalue weighted by Gasteiger charge is -2.11. The zero-order chi connectivity index (χ0) is 17.7. The normalized spacial score (nSPS) is 10.7. The molecule has 1 heterocycles. The first kappa shape index (κ1) is 17.7. The quantitative estimate of drug-likeness (QED) is 0.875. The van der Waals surface area contributed by atoms with E-state index in [0.29, 0.717) is 29.5 Å². The minimum absolute atomic E-state index is 0.178. The summed E-state index contributed by atoms with van der Waals surface area (Å²) in [6, 6.07) is 6.87. The molecule has 128 valence electrons. The first-order chi connectivity index (χ1) is 11.4. The minimum atomic E-state index is -0.433. The second-order valence-electron chi connectivity index (χ2n) is 5.76. The van der Waals surface area contributed by atoms with Crippen molar-refractivity contribution in [1.29, 1.82) is 0 Å². The van der Waals surface area contributed by atoms with Crippen LogP contribution in [0.4, 0.5) is 4.39 Å². The van der Waals surface area contributed by atoms with Gasteiger partial charge in [0, 0.05) is 24.2 Å². The summed E-state index contributed by atoms with van der Waals surface area (Å²) in [5.41, 5.74) is 0.567. The number of aromatic nitrogens is 2. The Bertz CT molecular complexity index is 787. The van der Waals surface area contributed by atoms with Gasteiger partial charge >= 0.3 is 0 Å². The smallest absolute Gasteiger partial charge is 0.267 e. The molecule has 2 aromatic rings. The molecule has 0 unspecified atom stereocenters. The Morgan fingerprint density at radius 3 is 2.75 bits per heavy atom. The van der Waals surface area contributed by atoms with Crippen LogP contribution >= 0.6 is 0 Å². The molecule has 1 amide bonds. The molecule has 24 heavy (non-hydrogen) atoms. The maximum absolute atomic E-state index is 13.3. The second-order valence-corrected chi connectivity index (χ2v) is 5.76. The minimum Gasteiger partial charge on any atom is -0.496 e. The van der Waals surface area contributed by atoms with Crippen molar-refractivity contribution in [1.82, 2.24) is 15.1 Å². The molecule has 0 radical (unpaired) electrons. The van der Waals surface area contributed by atoms with E-state index < -0.39 is 5.82 Å². The van der Waals surface area contributed by atoms with Gasteiger partial charge in [-0.1, -0.05) is 13.8 Å². The highest BCUT2D eigenvalue weighted by Gasteiger charge is 2.12. The van der Waals surface area contributed by atoms with Gasteiger partial charge in [-0.3, -0.25) is 9.59 Å². The zero-order valence-corrected chi connectivity index (χ0v) is 13.9. The molecular weight excluding hydrogens is 313 g/mol. The lowest BCUT2D eigenvalue weighted by Crippen LogP contribution is -2.35. The fourth-order valence-electron chi connectivity index (χ4n) is 2.09. The number of amides is 1. The molecule has 0 saturated heterocycles. The highest BCUT2D eigenvalue weighted by molar-refractivity contribution is 5.75. The monoisotopic (exact) mass is 333 g/mol. The van der Waals surface area contributed by atoms with Gasteiger partial charge in [-0.25, -0.2) is 9.07 Å². The van der Waals surface area contributed by atoms with E-state index in [0.717, 1.165) is 4.68 Å². The van der Waals surface area contributed by atoms with Crippen LogP contribution in [0.3, 0.4) is 0 Å². The van der Waals surface area contributed by atoms with Crippen LogP contribution < -0.4 is 15.6 Å². The van der Waals surface area contributed by atoms with E-state index >= 15 is 0 Å². The predicted molar refractivity (Wildman–Crippen MR) is 88.3 cm³/mol.